The number of benzene rings is 1. The van der Waals surface area contributed by atoms with E-state index in [0.717, 1.165) is 36.6 Å². The Morgan fingerprint density at radius 3 is 2.59 bits per heavy atom. The lowest BCUT2D eigenvalue weighted by Gasteiger charge is -2.36. The molecule has 1 aliphatic carbocycles. The van der Waals surface area contributed by atoms with Crippen molar-refractivity contribution < 1.29 is 10.2 Å². The lowest BCUT2D eigenvalue weighted by molar-refractivity contribution is -0.204. The van der Waals surface area contributed by atoms with Crippen LogP contribution in [0.4, 0.5) is 0 Å². The fourth-order valence-electron chi connectivity index (χ4n) is 2.60. The molecule has 0 aromatic heterocycles. The summed E-state index contributed by atoms with van der Waals surface area (Å²) in [5.74, 6) is -1.56. The Hall–Kier alpha value is -0.380. The van der Waals surface area contributed by atoms with E-state index in [1.165, 1.54) is 5.56 Å². The Kier molecular flexibility index (Phi) is 4.23. The van der Waals surface area contributed by atoms with E-state index in [2.05, 4.69) is 22.0 Å². The molecule has 0 saturated carbocycles. The molecule has 2 nitrogen and oxygen atoms in total. The van der Waals surface area contributed by atoms with Gasteiger partial charge in [-0.2, -0.15) is 0 Å². The van der Waals surface area contributed by atoms with Crippen LogP contribution in [0.15, 0.2) is 24.3 Å². The van der Waals surface area contributed by atoms with Crippen LogP contribution in [-0.4, -0.2) is 21.3 Å². The maximum atomic E-state index is 10.1. The van der Waals surface area contributed by atoms with Gasteiger partial charge in [0.25, 0.3) is 0 Å². The third kappa shape index (κ3) is 3.09. The zero-order valence-corrected chi connectivity index (χ0v) is 11.5. The smallest absolute Gasteiger partial charge is 0.169 e. The van der Waals surface area contributed by atoms with Gasteiger partial charge in [0.2, 0.25) is 0 Å². The van der Waals surface area contributed by atoms with Crippen LogP contribution in [0.1, 0.15) is 30.4 Å². The minimum atomic E-state index is -1.53. The molecule has 3 heteroatoms. The number of fused-ring (bicyclic) bond motifs is 1. The molecule has 1 aromatic carbocycles. The molecule has 0 aliphatic heterocycles. The largest absolute Gasteiger partial charge is 0.365 e. The lowest BCUT2D eigenvalue weighted by Crippen LogP contribution is -2.44. The van der Waals surface area contributed by atoms with E-state index < -0.39 is 5.79 Å². The predicted octanol–water partition coefficient (Wildman–Crippen LogP) is 2.65. The monoisotopic (exact) mass is 298 g/mol. The van der Waals surface area contributed by atoms with Crippen molar-refractivity contribution in [1.29, 1.82) is 0 Å². The SMILES string of the molecule is OC1(O)Cc2ccccc2CC1CCCCBr. The fourth-order valence-corrected chi connectivity index (χ4v) is 3.00. The van der Waals surface area contributed by atoms with Crippen LogP contribution >= 0.6 is 15.9 Å². The fraction of sp³-hybridized carbons (Fsp3) is 0.571. The first-order chi connectivity index (χ1) is 8.13. The molecule has 1 aliphatic rings. The first-order valence-corrected chi connectivity index (χ1v) is 7.33. The molecule has 0 fully saturated rings. The zero-order chi connectivity index (χ0) is 12.3. The predicted molar refractivity (Wildman–Crippen MR) is 72.2 cm³/mol. The highest BCUT2D eigenvalue weighted by atomic mass is 79.9. The molecule has 1 unspecified atom stereocenters. The minimum absolute atomic E-state index is 0.0311. The topological polar surface area (TPSA) is 40.5 Å². The Morgan fingerprint density at radius 1 is 1.18 bits per heavy atom. The molecule has 0 heterocycles. The summed E-state index contributed by atoms with van der Waals surface area (Å²) in [6.45, 7) is 0. The first kappa shape index (κ1) is 13.1. The molecule has 0 bridgehead atoms. The quantitative estimate of drug-likeness (QED) is 0.510. The van der Waals surface area contributed by atoms with Crippen LogP contribution in [0.25, 0.3) is 0 Å². The van der Waals surface area contributed by atoms with Gasteiger partial charge in [0, 0.05) is 17.7 Å². The maximum absolute atomic E-state index is 10.1. The number of aliphatic hydroxyl groups is 2. The summed E-state index contributed by atoms with van der Waals surface area (Å²) < 4.78 is 0. The average Bonchev–Trinajstić information content (AvgIpc) is 2.29. The Balaban J connectivity index is 2.08. The summed E-state index contributed by atoms with van der Waals surface area (Å²) in [7, 11) is 0. The van der Waals surface area contributed by atoms with Crippen molar-refractivity contribution in [2.75, 3.05) is 5.33 Å². The molecule has 0 amide bonds. The van der Waals surface area contributed by atoms with E-state index in [4.69, 9.17) is 0 Å². The van der Waals surface area contributed by atoms with Crippen LogP contribution in [-0.2, 0) is 12.8 Å². The van der Waals surface area contributed by atoms with Crippen molar-refractivity contribution in [3.05, 3.63) is 35.4 Å². The van der Waals surface area contributed by atoms with E-state index in [0.29, 0.717) is 6.42 Å². The van der Waals surface area contributed by atoms with Crippen molar-refractivity contribution >= 4 is 15.9 Å². The first-order valence-electron chi connectivity index (χ1n) is 6.21. The highest BCUT2D eigenvalue weighted by Gasteiger charge is 2.38. The summed E-state index contributed by atoms with van der Waals surface area (Å²) in [5, 5.41) is 21.2. The Morgan fingerprint density at radius 2 is 1.88 bits per heavy atom. The molecular formula is C14H19BrO2. The number of rotatable bonds is 4. The van der Waals surface area contributed by atoms with E-state index in [-0.39, 0.29) is 5.92 Å². The number of halogens is 1. The molecule has 0 spiro atoms. The lowest BCUT2D eigenvalue weighted by atomic mass is 9.77. The van der Waals surface area contributed by atoms with E-state index in [1.54, 1.807) is 0 Å². The van der Waals surface area contributed by atoms with Crippen molar-refractivity contribution in [3.63, 3.8) is 0 Å². The molecule has 2 rings (SSSR count). The van der Waals surface area contributed by atoms with Crippen molar-refractivity contribution in [2.45, 2.75) is 37.9 Å². The van der Waals surface area contributed by atoms with Gasteiger partial charge >= 0.3 is 0 Å². The minimum Gasteiger partial charge on any atom is -0.365 e. The second-order valence-electron chi connectivity index (χ2n) is 4.91. The van der Waals surface area contributed by atoms with Crippen LogP contribution < -0.4 is 0 Å². The van der Waals surface area contributed by atoms with Gasteiger partial charge in [0.1, 0.15) is 0 Å². The number of alkyl halides is 1. The average molecular weight is 299 g/mol. The van der Waals surface area contributed by atoms with Gasteiger partial charge in [-0.05, 0) is 30.4 Å². The molecule has 2 N–H and O–H groups in total. The third-order valence-electron chi connectivity index (χ3n) is 3.63. The van der Waals surface area contributed by atoms with Crippen LogP contribution in [0.5, 0.6) is 0 Å². The van der Waals surface area contributed by atoms with Crippen LogP contribution in [0.2, 0.25) is 0 Å². The second kappa shape index (κ2) is 5.51. The number of hydrogen-bond donors (Lipinski definition) is 2. The van der Waals surface area contributed by atoms with Gasteiger partial charge in [-0.25, -0.2) is 0 Å². The number of unbranched alkanes of at least 4 members (excludes halogenated alkanes) is 1. The Labute approximate surface area is 111 Å². The van der Waals surface area contributed by atoms with Crippen molar-refractivity contribution in [1.82, 2.24) is 0 Å². The van der Waals surface area contributed by atoms with Gasteiger partial charge in [0.15, 0.2) is 5.79 Å². The van der Waals surface area contributed by atoms with Crippen LogP contribution in [0, 0.1) is 5.92 Å². The van der Waals surface area contributed by atoms with E-state index in [1.807, 2.05) is 18.2 Å². The standard InChI is InChI=1S/C14H19BrO2/c15-8-4-3-7-13-9-11-5-1-2-6-12(11)10-14(13,16)17/h1-2,5-6,13,16-17H,3-4,7-10H2. The summed E-state index contributed by atoms with van der Waals surface area (Å²) in [5.41, 5.74) is 2.35. The molecular weight excluding hydrogens is 280 g/mol. The molecule has 0 radical (unpaired) electrons. The van der Waals surface area contributed by atoms with Gasteiger partial charge in [0.05, 0.1) is 0 Å². The Bertz CT molecular complexity index is 376. The highest BCUT2D eigenvalue weighted by Crippen LogP contribution is 2.34. The van der Waals surface area contributed by atoms with Gasteiger partial charge < -0.3 is 10.2 Å². The van der Waals surface area contributed by atoms with Gasteiger partial charge in [-0.15, -0.1) is 0 Å². The number of hydrogen-bond acceptors (Lipinski definition) is 2. The summed E-state index contributed by atoms with van der Waals surface area (Å²) in [6, 6.07) is 8.07. The molecule has 94 valence electrons. The summed E-state index contributed by atoms with van der Waals surface area (Å²) in [6.07, 6.45) is 4.16. The van der Waals surface area contributed by atoms with E-state index >= 15 is 0 Å². The molecule has 17 heavy (non-hydrogen) atoms. The molecule has 1 atom stereocenters. The molecule has 1 aromatic rings. The third-order valence-corrected chi connectivity index (χ3v) is 4.19. The van der Waals surface area contributed by atoms with Gasteiger partial charge in [-0.1, -0.05) is 46.6 Å². The normalized spacial score (nSPS) is 22.2. The van der Waals surface area contributed by atoms with Crippen molar-refractivity contribution in [2.24, 2.45) is 5.92 Å². The second-order valence-corrected chi connectivity index (χ2v) is 5.70. The highest BCUT2D eigenvalue weighted by molar-refractivity contribution is 9.09. The van der Waals surface area contributed by atoms with Crippen LogP contribution in [0.3, 0.4) is 0 Å². The van der Waals surface area contributed by atoms with E-state index in [9.17, 15) is 10.2 Å². The zero-order valence-electron chi connectivity index (χ0n) is 9.90. The van der Waals surface area contributed by atoms with Gasteiger partial charge in [-0.3, -0.25) is 0 Å². The van der Waals surface area contributed by atoms with Crippen molar-refractivity contribution in [3.8, 4) is 0 Å². The molecule has 0 saturated heterocycles. The summed E-state index contributed by atoms with van der Waals surface area (Å²) >= 11 is 3.40. The summed E-state index contributed by atoms with van der Waals surface area (Å²) in [4.78, 5) is 0. The maximum Gasteiger partial charge on any atom is 0.169 e.